The maximum Gasteiger partial charge on any atom is 0.261 e. The average molecular weight is 530 g/mol. The van der Waals surface area contributed by atoms with Crippen molar-refractivity contribution in [2.45, 2.75) is 89.2 Å². The van der Waals surface area contributed by atoms with Crippen LogP contribution in [0.5, 0.6) is 0 Å². The average Bonchev–Trinajstić information content (AvgIpc) is 3.11. The molecule has 0 saturated carbocycles. The standard InChI is InChI=1S/C29H43NO4SSi/c1-10-24(30-35(31)27(2,3)4)26-25(33-29(8,9)34-26)21-32-36(28(5,6)7,22-17-13-11-14-18-22)23-19-15-12-16-20-23/h10-20,24-26,30H,1,21H2,2-9H3/t24-,25-,26-,35+/m0/s1. The molecular formula is C29H43NO4SSi. The molecule has 0 amide bonds. The molecule has 0 radical (unpaired) electrons. The van der Waals surface area contributed by atoms with E-state index in [0.717, 1.165) is 0 Å². The number of nitrogens with one attached hydrogen (secondary N) is 1. The Morgan fingerprint density at radius 2 is 1.50 bits per heavy atom. The molecule has 36 heavy (non-hydrogen) atoms. The molecule has 2 aromatic rings. The van der Waals surface area contributed by atoms with Crippen molar-refractivity contribution in [2.24, 2.45) is 0 Å². The van der Waals surface area contributed by atoms with Crippen LogP contribution >= 0.6 is 0 Å². The molecule has 4 atom stereocenters. The Bertz CT molecular complexity index is 991. The van der Waals surface area contributed by atoms with Gasteiger partial charge >= 0.3 is 0 Å². The lowest BCUT2D eigenvalue weighted by atomic mass is 10.1. The highest BCUT2D eigenvalue weighted by molar-refractivity contribution is 7.84. The van der Waals surface area contributed by atoms with Crippen molar-refractivity contribution in [1.82, 2.24) is 4.72 Å². The minimum atomic E-state index is -2.74. The quantitative estimate of drug-likeness (QED) is 0.378. The van der Waals surface area contributed by atoms with Gasteiger partial charge in [0.1, 0.15) is 12.2 Å². The SMILES string of the molecule is C=C[C@H](N[S@](=O)C(C)(C)C)[C@@H]1OC(C)(C)O[C@H]1CO[Si](c1ccccc1)(c1ccccc1)C(C)(C)C. The highest BCUT2D eigenvalue weighted by atomic mass is 32.2. The molecular weight excluding hydrogens is 486 g/mol. The van der Waals surface area contributed by atoms with Gasteiger partial charge in [0.25, 0.3) is 8.32 Å². The van der Waals surface area contributed by atoms with E-state index in [0.29, 0.717) is 6.61 Å². The van der Waals surface area contributed by atoms with E-state index in [1.54, 1.807) is 6.08 Å². The zero-order valence-electron chi connectivity index (χ0n) is 23.0. The largest absolute Gasteiger partial charge is 0.405 e. The molecule has 0 aliphatic carbocycles. The van der Waals surface area contributed by atoms with Crippen LogP contribution in [0.25, 0.3) is 0 Å². The Morgan fingerprint density at radius 3 is 1.92 bits per heavy atom. The van der Waals surface area contributed by atoms with Gasteiger partial charge in [-0.1, -0.05) is 87.5 Å². The lowest BCUT2D eigenvalue weighted by molar-refractivity contribution is -0.149. The summed E-state index contributed by atoms with van der Waals surface area (Å²) in [5.41, 5.74) is 0. The van der Waals surface area contributed by atoms with E-state index in [1.165, 1.54) is 10.4 Å². The number of benzene rings is 2. The molecule has 1 aliphatic rings. The molecule has 1 heterocycles. The Morgan fingerprint density at radius 1 is 1.00 bits per heavy atom. The van der Waals surface area contributed by atoms with Crippen molar-refractivity contribution in [3.05, 3.63) is 73.3 Å². The minimum absolute atomic E-state index is 0.149. The van der Waals surface area contributed by atoms with Gasteiger partial charge in [0, 0.05) is 0 Å². The number of rotatable bonds is 9. The Balaban J connectivity index is 1.99. The first kappa shape index (κ1) is 29.0. The van der Waals surface area contributed by atoms with Crippen molar-refractivity contribution in [1.29, 1.82) is 0 Å². The summed E-state index contributed by atoms with van der Waals surface area (Å²) in [6.45, 7) is 20.7. The van der Waals surface area contributed by atoms with E-state index in [-0.39, 0.29) is 17.2 Å². The van der Waals surface area contributed by atoms with Gasteiger partial charge in [-0.25, -0.2) is 8.93 Å². The third-order valence-electron chi connectivity index (χ3n) is 6.51. The molecule has 1 saturated heterocycles. The van der Waals surface area contributed by atoms with Crippen LogP contribution in [0.1, 0.15) is 55.4 Å². The van der Waals surface area contributed by atoms with Crippen molar-refractivity contribution in [2.75, 3.05) is 6.61 Å². The summed E-state index contributed by atoms with van der Waals surface area (Å²) >= 11 is 0. The molecule has 7 heteroatoms. The van der Waals surface area contributed by atoms with Gasteiger partial charge in [0.15, 0.2) is 5.79 Å². The van der Waals surface area contributed by atoms with Gasteiger partial charge < -0.3 is 13.9 Å². The van der Waals surface area contributed by atoms with Gasteiger partial charge in [0.2, 0.25) is 0 Å². The van der Waals surface area contributed by atoms with Crippen molar-refractivity contribution < 1.29 is 18.1 Å². The molecule has 2 aromatic carbocycles. The Kier molecular flexibility index (Phi) is 8.86. The summed E-state index contributed by atoms with van der Waals surface area (Å²) in [5, 5.41) is 2.28. The first-order valence-corrected chi connectivity index (χ1v) is 15.7. The van der Waals surface area contributed by atoms with Gasteiger partial charge in [-0.15, -0.1) is 6.58 Å². The lowest BCUT2D eigenvalue weighted by Crippen LogP contribution is -2.67. The van der Waals surface area contributed by atoms with Crippen LogP contribution in [-0.2, 0) is 24.9 Å². The second-order valence-corrected chi connectivity index (χ2v) is 18.2. The van der Waals surface area contributed by atoms with E-state index in [9.17, 15) is 4.21 Å². The van der Waals surface area contributed by atoms with Gasteiger partial charge in [0.05, 0.1) is 28.4 Å². The fraction of sp³-hybridized carbons (Fsp3) is 0.517. The number of hydrogen-bond donors (Lipinski definition) is 1. The van der Waals surface area contributed by atoms with E-state index in [4.69, 9.17) is 13.9 Å². The van der Waals surface area contributed by atoms with Crippen LogP contribution in [0, 0.1) is 0 Å². The maximum atomic E-state index is 12.9. The maximum absolute atomic E-state index is 12.9. The van der Waals surface area contributed by atoms with Crippen LogP contribution in [0.15, 0.2) is 73.3 Å². The first-order valence-electron chi connectivity index (χ1n) is 12.6. The molecule has 0 unspecified atom stereocenters. The number of ether oxygens (including phenoxy) is 2. The van der Waals surface area contributed by atoms with E-state index < -0.39 is 35.9 Å². The third kappa shape index (κ3) is 6.26. The zero-order valence-corrected chi connectivity index (χ0v) is 24.9. The molecule has 0 aromatic heterocycles. The minimum Gasteiger partial charge on any atom is -0.405 e. The van der Waals surface area contributed by atoms with E-state index >= 15 is 0 Å². The molecule has 1 N–H and O–H groups in total. The van der Waals surface area contributed by atoms with E-state index in [2.05, 4.69) is 80.6 Å². The van der Waals surface area contributed by atoms with Gasteiger partial charge in [-0.3, -0.25) is 0 Å². The van der Waals surface area contributed by atoms with E-state index in [1.807, 2.05) is 46.8 Å². The summed E-state index contributed by atoms with van der Waals surface area (Å²) in [4.78, 5) is 0. The smallest absolute Gasteiger partial charge is 0.261 e. The first-order chi connectivity index (χ1) is 16.7. The molecule has 3 rings (SSSR count). The van der Waals surface area contributed by atoms with Crippen LogP contribution < -0.4 is 15.1 Å². The monoisotopic (exact) mass is 529 g/mol. The molecule has 1 aliphatic heterocycles. The fourth-order valence-electron chi connectivity index (χ4n) is 4.81. The number of hydrogen-bond acceptors (Lipinski definition) is 4. The summed E-state index contributed by atoms with van der Waals surface area (Å²) < 4.78 is 35.6. The molecule has 0 bridgehead atoms. The zero-order chi connectivity index (χ0) is 26.8. The predicted molar refractivity (Wildman–Crippen MR) is 152 cm³/mol. The van der Waals surface area contributed by atoms with Crippen molar-refractivity contribution in [3.8, 4) is 0 Å². The third-order valence-corrected chi connectivity index (χ3v) is 13.1. The normalized spacial score (nSPS) is 22.2. The lowest BCUT2D eigenvalue weighted by Gasteiger charge is -2.43. The Labute approximate surface area is 221 Å². The van der Waals surface area contributed by atoms with Gasteiger partial charge in [-0.2, -0.15) is 0 Å². The summed E-state index contributed by atoms with van der Waals surface area (Å²) in [6, 6.07) is 20.8. The van der Waals surface area contributed by atoms with Crippen LogP contribution in [-0.4, -0.2) is 47.9 Å². The van der Waals surface area contributed by atoms with Crippen LogP contribution in [0.3, 0.4) is 0 Å². The predicted octanol–water partition coefficient (Wildman–Crippen LogP) is 4.69. The fourth-order valence-corrected chi connectivity index (χ4v) is 10.2. The van der Waals surface area contributed by atoms with Crippen LogP contribution in [0.2, 0.25) is 5.04 Å². The van der Waals surface area contributed by atoms with Crippen molar-refractivity contribution in [3.63, 3.8) is 0 Å². The second-order valence-electron chi connectivity index (χ2n) is 11.9. The summed E-state index contributed by atoms with van der Waals surface area (Å²) in [7, 11) is -4.03. The Hall–Kier alpha value is -1.61. The van der Waals surface area contributed by atoms with Crippen LogP contribution in [0.4, 0.5) is 0 Å². The molecule has 198 valence electrons. The summed E-state index contributed by atoms with van der Waals surface area (Å²) in [5.74, 6) is -0.795. The van der Waals surface area contributed by atoms with Gasteiger partial charge in [-0.05, 0) is 50.0 Å². The molecule has 5 nitrogen and oxygen atoms in total. The molecule has 1 fully saturated rings. The molecule has 0 spiro atoms. The highest BCUT2D eigenvalue weighted by Gasteiger charge is 2.52. The van der Waals surface area contributed by atoms with Crippen molar-refractivity contribution >= 4 is 29.7 Å². The summed E-state index contributed by atoms with van der Waals surface area (Å²) in [6.07, 6.45) is 0.991. The topological polar surface area (TPSA) is 56.8 Å². The highest BCUT2D eigenvalue weighted by Crippen LogP contribution is 2.38. The second kappa shape index (κ2) is 11.0.